The number of rotatable bonds is 3. The lowest BCUT2D eigenvalue weighted by Gasteiger charge is -2.29. The Bertz CT molecular complexity index is 165. The van der Waals surface area contributed by atoms with E-state index in [9.17, 15) is 0 Å². The summed E-state index contributed by atoms with van der Waals surface area (Å²) in [6.45, 7) is 9.82. The summed E-state index contributed by atoms with van der Waals surface area (Å²) in [5.41, 5.74) is 0. The standard InChI is InChI=1S/C9H19N3/c1-5-6-12-9(4)11(7-10-12)8(2)3/h7-9H,5-6H2,1-4H3. The van der Waals surface area contributed by atoms with Crippen molar-refractivity contribution >= 4 is 6.34 Å². The van der Waals surface area contributed by atoms with Crippen LogP contribution in [0.3, 0.4) is 0 Å². The fourth-order valence-electron chi connectivity index (χ4n) is 1.51. The van der Waals surface area contributed by atoms with Gasteiger partial charge in [0.2, 0.25) is 0 Å². The Hall–Kier alpha value is -0.730. The van der Waals surface area contributed by atoms with Gasteiger partial charge >= 0.3 is 0 Å². The van der Waals surface area contributed by atoms with Crippen LogP contribution in [-0.4, -0.2) is 35.0 Å². The molecular weight excluding hydrogens is 150 g/mol. The highest BCUT2D eigenvalue weighted by Gasteiger charge is 2.23. The molecule has 0 aromatic carbocycles. The summed E-state index contributed by atoms with van der Waals surface area (Å²) in [6.07, 6.45) is 3.54. The van der Waals surface area contributed by atoms with E-state index in [1.807, 2.05) is 6.34 Å². The Kier molecular flexibility index (Phi) is 2.95. The van der Waals surface area contributed by atoms with Crippen LogP contribution in [0.2, 0.25) is 0 Å². The second kappa shape index (κ2) is 3.78. The van der Waals surface area contributed by atoms with Crippen molar-refractivity contribution in [3.63, 3.8) is 0 Å². The maximum absolute atomic E-state index is 4.34. The molecule has 12 heavy (non-hydrogen) atoms. The molecule has 1 rings (SSSR count). The van der Waals surface area contributed by atoms with Crippen LogP contribution in [0.15, 0.2) is 5.10 Å². The van der Waals surface area contributed by atoms with Gasteiger partial charge in [-0.15, -0.1) is 0 Å². The first-order chi connectivity index (χ1) is 5.66. The van der Waals surface area contributed by atoms with Crippen LogP contribution >= 0.6 is 0 Å². The van der Waals surface area contributed by atoms with Crippen molar-refractivity contribution in [2.45, 2.75) is 46.3 Å². The van der Waals surface area contributed by atoms with Gasteiger partial charge in [0.1, 0.15) is 12.5 Å². The number of nitrogens with zero attached hydrogens (tertiary/aromatic N) is 3. The van der Waals surface area contributed by atoms with Gasteiger partial charge in [-0.3, -0.25) is 5.01 Å². The van der Waals surface area contributed by atoms with Gasteiger partial charge in [-0.2, -0.15) is 5.10 Å². The molecule has 0 aromatic heterocycles. The fraction of sp³-hybridized carbons (Fsp3) is 0.889. The van der Waals surface area contributed by atoms with Gasteiger partial charge in [0.05, 0.1) is 0 Å². The highest BCUT2D eigenvalue weighted by Crippen LogP contribution is 2.14. The predicted molar refractivity (Wildman–Crippen MR) is 51.9 cm³/mol. The van der Waals surface area contributed by atoms with Crippen LogP contribution < -0.4 is 0 Å². The van der Waals surface area contributed by atoms with Crippen molar-refractivity contribution in [1.82, 2.24) is 9.91 Å². The Labute approximate surface area is 75.0 Å². The summed E-state index contributed by atoms with van der Waals surface area (Å²) in [5, 5.41) is 6.48. The fourth-order valence-corrected chi connectivity index (χ4v) is 1.51. The van der Waals surface area contributed by atoms with Gasteiger partial charge in [0.15, 0.2) is 0 Å². The summed E-state index contributed by atoms with van der Waals surface area (Å²) >= 11 is 0. The molecule has 1 aliphatic heterocycles. The quantitative estimate of drug-likeness (QED) is 0.640. The van der Waals surface area contributed by atoms with Crippen molar-refractivity contribution in [3.8, 4) is 0 Å². The number of hydrogen-bond acceptors (Lipinski definition) is 3. The third-order valence-corrected chi connectivity index (χ3v) is 2.25. The van der Waals surface area contributed by atoms with E-state index in [0.29, 0.717) is 12.2 Å². The van der Waals surface area contributed by atoms with E-state index >= 15 is 0 Å². The molecule has 70 valence electrons. The zero-order chi connectivity index (χ0) is 9.14. The van der Waals surface area contributed by atoms with Gasteiger partial charge in [-0.25, -0.2) is 0 Å². The molecule has 0 radical (unpaired) electrons. The lowest BCUT2D eigenvalue weighted by atomic mass is 10.3. The van der Waals surface area contributed by atoms with E-state index in [4.69, 9.17) is 0 Å². The average Bonchev–Trinajstić information content (AvgIpc) is 2.34. The summed E-state index contributed by atoms with van der Waals surface area (Å²) in [6, 6.07) is 0.547. The molecule has 0 aromatic rings. The molecule has 0 N–H and O–H groups in total. The zero-order valence-electron chi connectivity index (χ0n) is 8.49. The second-order valence-corrected chi connectivity index (χ2v) is 3.57. The molecule has 0 amide bonds. The largest absolute Gasteiger partial charge is 0.337 e. The van der Waals surface area contributed by atoms with Gasteiger partial charge in [0, 0.05) is 12.6 Å². The average molecular weight is 169 g/mol. The van der Waals surface area contributed by atoms with Crippen molar-refractivity contribution in [2.24, 2.45) is 5.10 Å². The topological polar surface area (TPSA) is 18.8 Å². The molecule has 0 bridgehead atoms. The Morgan fingerprint density at radius 3 is 2.58 bits per heavy atom. The highest BCUT2D eigenvalue weighted by atomic mass is 15.6. The Morgan fingerprint density at radius 2 is 2.17 bits per heavy atom. The van der Waals surface area contributed by atoms with Crippen molar-refractivity contribution in [3.05, 3.63) is 0 Å². The van der Waals surface area contributed by atoms with E-state index < -0.39 is 0 Å². The van der Waals surface area contributed by atoms with E-state index in [0.717, 1.165) is 13.0 Å². The Balaban J connectivity index is 2.50. The van der Waals surface area contributed by atoms with Gasteiger partial charge in [0.25, 0.3) is 0 Å². The van der Waals surface area contributed by atoms with E-state index in [-0.39, 0.29) is 0 Å². The zero-order valence-corrected chi connectivity index (χ0v) is 8.49. The molecule has 0 saturated carbocycles. The minimum Gasteiger partial charge on any atom is -0.337 e. The van der Waals surface area contributed by atoms with Crippen LogP contribution in [0.5, 0.6) is 0 Å². The van der Waals surface area contributed by atoms with Crippen LogP contribution in [-0.2, 0) is 0 Å². The van der Waals surface area contributed by atoms with E-state index in [1.165, 1.54) is 0 Å². The summed E-state index contributed by atoms with van der Waals surface area (Å²) in [5.74, 6) is 0. The molecule has 0 spiro atoms. The van der Waals surface area contributed by atoms with Crippen LogP contribution in [0, 0.1) is 0 Å². The molecule has 1 unspecified atom stereocenters. The second-order valence-electron chi connectivity index (χ2n) is 3.57. The Morgan fingerprint density at radius 1 is 1.50 bits per heavy atom. The van der Waals surface area contributed by atoms with Crippen LogP contribution in [0.4, 0.5) is 0 Å². The molecule has 1 atom stereocenters. The van der Waals surface area contributed by atoms with Crippen molar-refractivity contribution in [2.75, 3.05) is 6.54 Å². The first-order valence-corrected chi connectivity index (χ1v) is 4.75. The van der Waals surface area contributed by atoms with Crippen LogP contribution in [0.25, 0.3) is 0 Å². The predicted octanol–water partition coefficient (Wildman–Crippen LogP) is 1.71. The van der Waals surface area contributed by atoms with Crippen molar-refractivity contribution < 1.29 is 0 Å². The number of hydrazone groups is 1. The highest BCUT2D eigenvalue weighted by molar-refractivity contribution is 5.57. The monoisotopic (exact) mass is 169 g/mol. The van der Waals surface area contributed by atoms with E-state index in [1.54, 1.807) is 0 Å². The molecule has 1 aliphatic rings. The SMILES string of the molecule is CCCN1N=CN(C(C)C)C1C. The summed E-state index contributed by atoms with van der Waals surface area (Å²) in [4.78, 5) is 2.27. The van der Waals surface area contributed by atoms with Gasteiger partial charge < -0.3 is 4.90 Å². The first kappa shape index (κ1) is 9.36. The minimum absolute atomic E-state index is 0.435. The van der Waals surface area contributed by atoms with E-state index in [2.05, 4.69) is 42.7 Å². The van der Waals surface area contributed by atoms with Crippen molar-refractivity contribution in [1.29, 1.82) is 0 Å². The smallest absolute Gasteiger partial charge is 0.116 e. The lowest BCUT2D eigenvalue weighted by Crippen LogP contribution is -2.41. The van der Waals surface area contributed by atoms with Gasteiger partial charge in [-0.05, 0) is 27.2 Å². The lowest BCUT2D eigenvalue weighted by molar-refractivity contribution is 0.128. The molecular formula is C9H19N3. The third-order valence-electron chi connectivity index (χ3n) is 2.25. The molecule has 0 saturated heterocycles. The summed E-state index contributed by atoms with van der Waals surface area (Å²) < 4.78 is 0. The van der Waals surface area contributed by atoms with Crippen LogP contribution in [0.1, 0.15) is 34.1 Å². The maximum Gasteiger partial charge on any atom is 0.116 e. The van der Waals surface area contributed by atoms with Gasteiger partial charge in [-0.1, -0.05) is 6.92 Å². The number of hydrogen-bond donors (Lipinski definition) is 0. The summed E-state index contributed by atoms with van der Waals surface area (Å²) in [7, 11) is 0. The molecule has 0 aliphatic carbocycles. The minimum atomic E-state index is 0.435. The maximum atomic E-state index is 4.34. The normalized spacial score (nSPS) is 22.9. The molecule has 3 heteroatoms. The molecule has 3 nitrogen and oxygen atoms in total. The molecule has 1 heterocycles. The third kappa shape index (κ3) is 1.71. The molecule has 0 fully saturated rings. The first-order valence-electron chi connectivity index (χ1n) is 4.75.